The van der Waals surface area contributed by atoms with Crippen LogP contribution in [0.25, 0.3) is 6.08 Å². The molecule has 0 bridgehead atoms. The fourth-order valence-electron chi connectivity index (χ4n) is 2.60. The van der Waals surface area contributed by atoms with E-state index in [1.807, 2.05) is 0 Å². The number of hydrogen-bond donors (Lipinski definition) is 6. The lowest BCUT2D eigenvalue weighted by Crippen LogP contribution is -2.60. The second kappa shape index (κ2) is 7.00. The van der Waals surface area contributed by atoms with Crippen LogP contribution in [0.5, 0.6) is 5.75 Å². The zero-order valence-electron chi connectivity index (χ0n) is 12.7. The molecule has 6 N–H and O–H groups in total. The highest BCUT2D eigenvalue weighted by Gasteiger charge is 2.49. The third-order valence-corrected chi connectivity index (χ3v) is 3.96. The third kappa shape index (κ3) is 4.10. The third-order valence-electron chi connectivity index (χ3n) is 3.96. The summed E-state index contributed by atoms with van der Waals surface area (Å²) in [4.78, 5) is 23.0. The van der Waals surface area contributed by atoms with Crippen molar-refractivity contribution >= 4 is 18.0 Å². The fraction of sp³-hybridized carbons (Fsp3) is 0.375. The van der Waals surface area contributed by atoms with Crippen molar-refractivity contribution in [3.8, 4) is 5.75 Å². The van der Waals surface area contributed by atoms with Crippen molar-refractivity contribution in [1.29, 1.82) is 0 Å². The summed E-state index contributed by atoms with van der Waals surface area (Å²) in [5, 5.41) is 50.2. The molecule has 1 aromatic rings. The molecule has 1 amide bonds. The van der Waals surface area contributed by atoms with Crippen LogP contribution in [0.4, 0.5) is 0 Å². The molecule has 1 saturated carbocycles. The minimum Gasteiger partial charge on any atom is -0.508 e. The number of benzene rings is 1. The van der Waals surface area contributed by atoms with E-state index in [1.54, 1.807) is 12.1 Å². The van der Waals surface area contributed by atoms with Gasteiger partial charge in [-0.05, 0) is 23.8 Å². The zero-order chi connectivity index (χ0) is 17.9. The summed E-state index contributed by atoms with van der Waals surface area (Å²) in [7, 11) is 0. The molecule has 0 aromatic heterocycles. The molecule has 0 aliphatic heterocycles. The average molecular weight is 337 g/mol. The minimum absolute atomic E-state index is 0.0869. The van der Waals surface area contributed by atoms with Crippen LogP contribution >= 0.6 is 0 Å². The van der Waals surface area contributed by atoms with Gasteiger partial charge in [0.2, 0.25) is 5.91 Å². The Morgan fingerprint density at radius 2 is 1.79 bits per heavy atom. The van der Waals surface area contributed by atoms with Gasteiger partial charge in [-0.3, -0.25) is 4.79 Å². The summed E-state index contributed by atoms with van der Waals surface area (Å²) in [5.74, 6) is -2.05. The van der Waals surface area contributed by atoms with E-state index >= 15 is 0 Å². The highest BCUT2D eigenvalue weighted by Crippen LogP contribution is 2.29. The molecule has 8 heteroatoms. The van der Waals surface area contributed by atoms with Gasteiger partial charge >= 0.3 is 5.97 Å². The standard InChI is InChI=1S/C16H19NO7/c18-10-4-1-9(2-5-10)3-6-13(20)17-11-7-16(24,15(22)23)8-12(19)14(11)21/h1-6,11-12,14,18-19,21,24H,7-8H2,(H,17,20)(H,22,23)/b6-3+/t11-,12+,14-,16+/m0/s1. The van der Waals surface area contributed by atoms with Gasteiger partial charge < -0.3 is 30.8 Å². The number of nitrogens with one attached hydrogen (secondary N) is 1. The van der Waals surface area contributed by atoms with Gasteiger partial charge in [0.05, 0.1) is 12.1 Å². The molecule has 0 heterocycles. The topological polar surface area (TPSA) is 147 Å². The van der Waals surface area contributed by atoms with Crippen molar-refractivity contribution < 1.29 is 35.1 Å². The zero-order valence-corrected chi connectivity index (χ0v) is 12.7. The summed E-state index contributed by atoms with van der Waals surface area (Å²) in [6, 6.07) is 4.97. The number of aliphatic hydroxyl groups is 3. The molecule has 0 saturated heterocycles. The van der Waals surface area contributed by atoms with E-state index in [0.717, 1.165) is 0 Å². The van der Waals surface area contributed by atoms with Crippen molar-refractivity contribution in [3.63, 3.8) is 0 Å². The second-order valence-electron chi connectivity index (χ2n) is 5.84. The molecule has 1 aromatic carbocycles. The SMILES string of the molecule is O=C(/C=C/c1ccc(O)cc1)N[C@H]1C[C@](O)(C(=O)O)C[C@@H](O)[C@H]1O. The monoisotopic (exact) mass is 337 g/mol. The van der Waals surface area contributed by atoms with E-state index in [-0.39, 0.29) is 5.75 Å². The molecule has 1 aliphatic rings. The van der Waals surface area contributed by atoms with Crippen LogP contribution in [0.1, 0.15) is 18.4 Å². The summed E-state index contributed by atoms with van der Waals surface area (Å²) in [6.07, 6.45) is -1.15. The first-order valence-electron chi connectivity index (χ1n) is 7.31. The highest BCUT2D eigenvalue weighted by atomic mass is 16.4. The number of aliphatic carboxylic acids is 1. The Morgan fingerprint density at radius 3 is 2.38 bits per heavy atom. The molecule has 0 unspecified atom stereocenters. The van der Waals surface area contributed by atoms with E-state index in [4.69, 9.17) is 5.11 Å². The number of carbonyl (C=O) groups is 2. The average Bonchev–Trinajstić information content (AvgIpc) is 2.51. The smallest absolute Gasteiger partial charge is 0.335 e. The molecule has 2 rings (SSSR count). The second-order valence-corrected chi connectivity index (χ2v) is 5.84. The van der Waals surface area contributed by atoms with Crippen LogP contribution in [0.15, 0.2) is 30.3 Å². The van der Waals surface area contributed by atoms with Gasteiger partial charge in [-0.1, -0.05) is 12.1 Å². The van der Waals surface area contributed by atoms with Gasteiger partial charge in [0.15, 0.2) is 5.60 Å². The summed E-state index contributed by atoms with van der Waals surface area (Å²) in [6.45, 7) is 0. The van der Waals surface area contributed by atoms with Crippen molar-refractivity contribution in [2.75, 3.05) is 0 Å². The van der Waals surface area contributed by atoms with Crippen LogP contribution in [0.3, 0.4) is 0 Å². The van der Waals surface area contributed by atoms with Crippen molar-refractivity contribution in [1.82, 2.24) is 5.32 Å². The van der Waals surface area contributed by atoms with Crippen molar-refractivity contribution in [2.45, 2.75) is 36.7 Å². The predicted octanol–water partition coefficient (Wildman–Crippen LogP) is -0.779. The maximum Gasteiger partial charge on any atom is 0.335 e. The predicted molar refractivity (Wildman–Crippen MR) is 82.9 cm³/mol. The highest BCUT2D eigenvalue weighted by molar-refractivity contribution is 5.92. The van der Waals surface area contributed by atoms with Crippen LogP contribution in [0.2, 0.25) is 0 Å². The van der Waals surface area contributed by atoms with Crippen LogP contribution in [-0.2, 0) is 9.59 Å². The van der Waals surface area contributed by atoms with Gasteiger partial charge in [-0.15, -0.1) is 0 Å². The molecule has 0 spiro atoms. The molecule has 8 nitrogen and oxygen atoms in total. The van der Waals surface area contributed by atoms with Crippen molar-refractivity contribution in [2.24, 2.45) is 0 Å². The lowest BCUT2D eigenvalue weighted by Gasteiger charge is -2.39. The Labute approximate surface area is 137 Å². The fourth-order valence-corrected chi connectivity index (χ4v) is 2.60. The number of carbonyl (C=O) groups excluding carboxylic acids is 1. The van der Waals surface area contributed by atoms with Gasteiger partial charge in [0, 0.05) is 18.9 Å². The van der Waals surface area contributed by atoms with Crippen molar-refractivity contribution in [3.05, 3.63) is 35.9 Å². The number of aromatic hydroxyl groups is 1. The molecule has 24 heavy (non-hydrogen) atoms. The molecule has 130 valence electrons. The largest absolute Gasteiger partial charge is 0.508 e. The number of aliphatic hydroxyl groups excluding tert-OH is 2. The molecule has 1 fully saturated rings. The van der Waals surface area contributed by atoms with Crippen LogP contribution < -0.4 is 5.32 Å². The first-order valence-corrected chi connectivity index (χ1v) is 7.31. The molecule has 1 aliphatic carbocycles. The number of phenols is 1. The van der Waals surface area contributed by atoms with E-state index in [0.29, 0.717) is 5.56 Å². The normalized spacial score (nSPS) is 30.2. The quantitative estimate of drug-likeness (QED) is 0.395. The van der Waals surface area contributed by atoms with E-state index in [1.165, 1.54) is 24.3 Å². The molecule has 4 atom stereocenters. The Bertz CT molecular complexity index is 642. The number of rotatable bonds is 4. The van der Waals surface area contributed by atoms with Gasteiger partial charge in [-0.25, -0.2) is 4.79 Å². The Kier molecular flexibility index (Phi) is 5.23. The molecular formula is C16H19NO7. The first-order chi connectivity index (χ1) is 11.2. The number of phenolic OH excluding ortho intramolecular Hbond substituents is 1. The van der Waals surface area contributed by atoms with Gasteiger partial charge in [0.1, 0.15) is 11.9 Å². The van der Waals surface area contributed by atoms with Gasteiger partial charge in [0.25, 0.3) is 0 Å². The number of carboxylic acids is 1. The number of hydrogen-bond acceptors (Lipinski definition) is 6. The molecule has 0 radical (unpaired) electrons. The lowest BCUT2D eigenvalue weighted by atomic mass is 9.78. The summed E-state index contributed by atoms with van der Waals surface area (Å²) in [5.41, 5.74) is -1.56. The van der Waals surface area contributed by atoms with Crippen LogP contribution in [-0.4, -0.2) is 61.3 Å². The summed E-state index contributed by atoms with van der Waals surface area (Å²) < 4.78 is 0. The molecular weight excluding hydrogens is 318 g/mol. The number of carboxylic acid groups (broad SMARTS) is 1. The summed E-state index contributed by atoms with van der Waals surface area (Å²) >= 11 is 0. The Morgan fingerprint density at radius 1 is 1.17 bits per heavy atom. The maximum atomic E-state index is 11.9. The first kappa shape index (κ1) is 17.9. The van der Waals surface area contributed by atoms with E-state index in [2.05, 4.69) is 5.32 Å². The minimum atomic E-state index is -2.21. The Hall–Kier alpha value is -2.42. The maximum absolute atomic E-state index is 11.9. The Balaban J connectivity index is 2.03. The van der Waals surface area contributed by atoms with E-state index < -0.39 is 48.6 Å². The number of amides is 1. The van der Waals surface area contributed by atoms with Crippen LogP contribution in [0, 0.1) is 0 Å². The van der Waals surface area contributed by atoms with E-state index in [9.17, 15) is 30.0 Å². The lowest BCUT2D eigenvalue weighted by molar-refractivity contribution is -0.175. The van der Waals surface area contributed by atoms with Gasteiger partial charge in [-0.2, -0.15) is 0 Å².